The van der Waals surface area contributed by atoms with Gasteiger partial charge < -0.3 is 15.5 Å². The molecule has 2 rings (SSSR count). The van der Waals surface area contributed by atoms with Crippen molar-refractivity contribution in [2.24, 2.45) is 5.73 Å². The molecule has 2 N–H and O–H groups in total. The van der Waals surface area contributed by atoms with Crippen LogP contribution in [0.15, 0.2) is 48.7 Å². The van der Waals surface area contributed by atoms with E-state index in [0.717, 1.165) is 11.5 Å². The van der Waals surface area contributed by atoms with Gasteiger partial charge in [-0.1, -0.05) is 18.2 Å². The molecule has 1 aromatic carbocycles. The summed E-state index contributed by atoms with van der Waals surface area (Å²) in [6.45, 7) is 2.35. The first kappa shape index (κ1) is 22.2. The smallest absolute Gasteiger partial charge is 0.255 e. The lowest BCUT2D eigenvalue weighted by atomic mass is 10.2. The number of carbonyl (C=O) groups is 1. The molecule has 1 aromatic heterocycles. The molecule has 0 saturated heterocycles. The minimum absolute atomic E-state index is 0. The van der Waals surface area contributed by atoms with E-state index in [0.29, 0.717) is 12.1 Å². The summed E-state index contributed by atoms with van der Waals surface area (Å²) in [7, 11) is 3.70. The maximum atomic E-state index is 12.3. The number of nitrogens with zero attached hydrogens (tertiary/aromatic N) is 3. The van der Waals surface area contributed by atoms with E-state index >= 15 is 0 Å². The fraction of sp³-hybridized carbons (Fsp3) is 0.294. The summed E-state index contributed by atoms with van der Waals surface area (Å²) in [4.78, 5) is 20.3. The fourth-order valence-electron chi connectivity index (χ4n) is 2.06. The molecular formula is C17H24Cl2N4O. The van der Waals surface area contributed by atoms with Crippen LogP contribution in [0.3, 0.4) is 0 Å². The zero-order chi connectivity index (χ0) is 16.1. The number of aromatic nitrogens is 1. The maximum absolute atomic E-state index is 12.3. The van der Waals surface area contributed by atoms with Gasteiger partial charge >= 0.3 is 0 Å². The van der Waals surface area contributed by atoms with E-state index < -0.39 is 0 Å². The Hall–Kier alpha value is -1.82. The molecule has 5 nitrogen and oxygen atoms in total. The van der Waals surface area contributed by atoms with Gasteiger partial charge in [-0.05, 0) is 31.2 Å². The third-order valence-corrected chi connectivity index (χ3v) is 3.80. The normalized spacial score (nSPS) is 10.8. The zero-order valence-corrected chi connectivity index (χ0v) is 15.7. The van der Waals surface area contributed by atoms with Crippen molar-refractivity contribution in [3.8, 4) is 0 Å². The van der Waals surface area contributed by atoms with Crippen molar-refractivity contribution in [2.45, 2.75) is 13.0 Å². The minimum Gasteiger partial charge on any atom is -0.338 e. The Kier molecular flexibility index (Phi) is 9.36. The van der Waals surface area contributed by atoms with Gasteiger partial charge in [-0.2, -0.15) is 0 Å². The minimum atomic E-state index is -0.0700. The van der Waals surface area contributed by atoms with E-state index in [4.69, 9.17) is 5.73 Å². The highest BCUT2D eigenvalue weighted by Crippen LogP contribution is 2.21. The number of benzene rings is 1. The number of likely N-dealkylation sites (N-methyl/N-ethyl adjacent to an activating group) is 1. The van der Waals surface area contributed by atoms with Gasteiger partial charge in [-0.15, -0.1) is 24.8 Å². The van der Waals surface area contributed by atoms with Crippen LogP contribution in [0.1, 0.15) is 17.3 Å². The van der Waals surface area contributed by atoms with Gasteiger partial charge in [-0.3, -0.25) is 4.79 Å². The summed E-state index contributed by atoms with van der Waals surface area (Å²) >= 11 is 0. The zero-order valence-electron chi connectivity index (χ0n) is 14.0. The third-order valence-electron chi connectivity index (χ3n) is 3.80. The summed E-state index contributed by atoms with van der Waals surface area (Å²) in [6, 6.07) is 13.6. The number of carbonyl (C=O) groups excluding carboxylic acids is 1. The van der Waals surface area contributed by atoms with E-state index in [-0.39, 0.29) is 36.8 Å². The number of anilines is 2. The second kappa shape index (κ2) is 10.1. The summed E-state index contributed by atoms with van der Waals surface area (Å²) in [5.74, 6) is 0.719. The van der Waals surface area contributed by atoms with Gasteiger partial charge in [0.1, 0.15) is 5.82 Å². The van der Waals surface area contributed by atoms with Crippen LogP contribution in [0.25, 0.3) is 0 Å². The van der Waals surface area contributed by atoms with Crippen molar-refractivity contribution in [1.82, 2.24) is 9.88 Å². The molecule has 0 spiro atoms. The molecular weight excluding hydrogens is 347 g/mol. The number of rotatable bonds is 5. The summed E-state index contributed by atoms with van der Waals surface area (Å²) < 4.78 is 0. The van der Waals surface area contributed by atoms with E-state index in [1.54, 1.807) is 24.2 Å². The molecule has 24 heavy (non-hydrogen) atoms. The van der Waals surface area contributed by atoms with Crippen LogP contribution in [-0.4, -0.2) is 42.5 Å². The second-order valence-electron chi connectivity index (χ2n) is 5.30. The lowest BCUT2D eigenvalue weighted by Gasteiger charge is -2.24. The summed E-state index contributed by atoms with van der Waals surface area (Å²) in [6.07, 6.45) is 1.61. The summed E-state index contributed by atoms with van der Waals surface area (Å²) in [5, 5.41) is 0. The average molecular weight is 371 g/mol. The predicted molar refractivity (Wildman–Crippen MR) is 104 cm³/mol. The Morgan fingerprint density at radius 3 is 2.25 bits per heavy atom. The first-order valence-corrected chi connectivity index (χ1v) is 7.26. The van der Waals surface area contributed by atoms with Crippen molar-refractivity contribution in [3.63, 3.8) is 0 Å². The van der Waals surface area contributed by atoms with E-state index in [1.165, 1.54) is 0 Å². The quantitative estimate of drug-likeness (QED) is 0.877. The number of halogens is 2. The number of nitrogens with two attached hydrogens (primary N) is 1. The van der Waals surface area contributed by atoms with Gasteiger partial charge in [0.25, 0.3) is 5.91 Å². The average Bonchev–Trinajstić information content (AvgIpc) is 2.60. The number of hydrogen-bond acceptors (Lipinski definition) is 4. The second-order valence-corrected chi connectivity index (χ2v) is 5.30. The van der Waals surface area contributed by atoms with Crippen molar-refractivity contribution in [2.75, 3.05) is 25.5 Å². The monoisotopic (exact) mass is 370 g/mol. The lowest BCUT2D eigenvalue weighted by Crippen LogP contribution is -2.39. The van der Waals surface area contributed by atoms with Gasteiger partial charge in [0.2, 0.25) is 0 Å². The van der Waals surface area contributed by atoms with Crippen molar-refractivity contribution < 1.29 is 4.79 Å². The number of amides is 1. The first-order valence-electron chi connectivity index (χ1n) is 7.26. The molecule has 1 amide bonds. The first-order chi connectivity index (χ1) is 10.5. The van der Waals surface area contributed by atoms with Crippen LogP contribution >= 0.6 is 24.8 Å². The molecule has 0 radical (unpaired) electrons. The van der Waals surface area contributed by atoms with Crippen molar-refractivity contribution in [3.05, 3.63) is 54.2 Å². The molecule has 1 atom stereocenters. The molecule has 0 bridgehead atoms. The van der Waals surface area contributed by atoms with Crippen molar-refractivity contribution >= 4 is 42.2 Å². The van der Waals surface area contributed by atoms with Gasteiger partial charge in [0.15, 0.2) is 0 Å². The van der Waals surface area contributed by atoms with Gasteiger partial charge in [0, 0.05) is 38.6 Å². The Morgan fingerprint density at radius 1 is 1.12 bits per heavy atom. The molecule has 0 saturated carbocycles. The van der Waals surface area contributed by atoms with Crippen LogP contribution < -0.4 is 10.6 Å². The molecule has 7 heteroatoms. The van der Waals surface area contributed by atoms with Crippen LogP contribution in [0.4, 0.5) is 11.5 Å². The van der Waals surface area contributed by atoms with Gasteiger partial charge in [0.05, 0.1) is 5.56 Å². The Bertz CT molecular complexity index is 622. The van der Waals surface area contributed by atoms with Crippen LogP contribution in [-0.2, 0) is 0 Å². The summed E-state index contributed by atoms with van der Waals surface area (Å²) in [5.41, 5.74) is 7.21. The molecule has 0 aliphatic rings. The number of pyridine rings is 1. The largest absolute Gasteiger partial charge is 0.338 e. The molecule has 0 aliphatic heterocycles. The standard InChI is InChI=1S/C17H22N4O.2ClH/c1-13(11-18)20(2)17(22)14-9-10-16(19-12-14)21(3)15-7-5-4-6-8-15;;/h4-10,12-13H,11,18H2,1-3H3;2*1H. The fourth-order valence-corrected chi connectivity index (χ4v) is 2.06. The molecule has 1 heterocycles. The molecule has 1 unspecified atom stereocenters. The van der Waals surface area contributed by atoms with Crippen LogP contribution in [0.2, 0.25) is 0 Å². The van der Waals surface area contributed by atoms with Crippen molar-refractivity contribution in [1.29, 1.82) is 0 Å². The SMILES string of the molecule is CC(CN)N(C)C(=O)c1ccc(N(C)c2ccccc2)nc1.Cl.Cl. The third kappa shape index (κ3) is 5.09. The van der Waals surface area contributed by atoms with E-state index in [1.807, 2.05) is 55.3 Å². The van der Waals surface area contributed by atoms with E-state index in [9.17, 15) is 4.79 Å². The molecule has 0 fully saturated rings. The highest BCUT2D eigenvalue weighted by atomic mass is 35.5. The molecule has 2 aromatic rings. The highest BCUT2D eigenvalue weighted by molar-refractivity contribution is 5.94. The predicted octanol–water partition coefficient (Wildman–Crippen LogP) is 3.11. The Morgan fingerprint density at radius 2 is 1.75 bits per heavy atom. The van der Waals surface area contributed by atoms with Crippen LogP contribution in [0, 0.1) is 0 Å². The molecule has 132 valence electrons. The number of hydrogen-bond donors (Lipinski definition) is 1. The molecule has 0 aliphatic carbocycles. The lowest BCUT2D eigenvalue weighted by molar-refractivity contribution is 0.0748. The Balaban J connectivity index is 0.00000264. The highest BCUT2D eigenvalue weighted by Gasteiger charge is 2.17. The Labute approximate surface area is 155 Å². The maximum Gasteiger partial charge on any atom is 0.255 e. The topological polar surface area (TPSA) is 62.5 Å². The van der Waals surface area contributed by atoms with E-state index in [2.05, 4.69) is 4.98 Å². The van der Waals surface area contributed by atoms with Gasteiger partial charge in [-0.25, -0.2) is 4.98 Å². The van der Waals surface area contributed by atoms with Crippen LogP contribution in [0.5, 0.6) is 0 Å². The number of para-hydroxylation sites is 1.